The molecular weight excluding hydrogens is 474 g/mol. The van der Waals surface area contributed by atoms with Gasteiger partial charge in [-0.05, 0) is 37.3 Å². The molecule has 9 nitrogen and oxygen atoms in total. The molecule has 0 atom stereocenters. The van der Waals surface area contributed by atoms with Crippen molar-refractivity contribution >= 4 is 49.7 Å². The lowest BCUT2D eigenvalue weighted by atomic mass is 10.2. The number of rotatable bonds is 8. The van der Waals surface area contributed by atoms with Gasteiger partial charge in [0.25, 0.3) is 10.0 Å². The van der Waals surface area contributed by atoms with Crippen molar-refractivity contribution in [3.05, 3.63) is 47.4 Å². The summed E-state index contributed by atoms with van der Waals surface area (Å²) in [5, 5.41) is 11.6. The highest BCUT2D eigenvalue weighted by molar-refractivity contribution is 7.92. The number of sulfonamides is 1. The third kappa shape index (κ3) is 5.73. The minimum absolute atomic E-state index is 0.00789. The Labute approximate surface area is 194 Å². The van der Waals surface area contributed by atoms with Gasteiger partial charge >= 0.3 is 0 Å². The monoisotopic (exact) mass is 491 g/mol. The summed E-state index contributed by atoms with van der Waals surface area (Å²) in [6, 6.07) is 9.32. The van der Waals surface area contributed by atoms with Gasteiger partial charge in [-0.2, -0.15) is 5.26 Å². The van der Waals surface area contributed by atoms with Gasteiger partial charge in [0.05, 0.1) is 33.6 Å². The van der Waals surface area contributed by atoms with Crippen molar-refractivity contribution in [2.24, 2.45) is 0 Å². The number of carbonyl (C=O) groups is 1. The number of hydrogen-bond acceptors (Lipinski definition) is 8. The van der Waals surface area contributed by atoms with E-state index in [-0.39, 0.29) is 34.7 Å². The molecule has 0 aliphatic carbocycles. The molecule has 0 aliphatic heterocycles. The van der Waals surface area contributed by atoms with Crippen LogP contribution in [0.4, 0.5) is 10.8 Å². The Morgan fingerprint density at radius 3 is 2.69 bits per heavy atom. The molecule has 2 aromatic heterocycles. The number of anilines is 2. The van der Waals surface area contributed by atoms with Crippen LogP contribution >= 0.6 is 22.9 Å². The first-order valence-electron chi connectivity index (χ1n) is 9.23. The number of nitrogens with one attached hydrogen (secondary N) is 2. The van der Waals surface area contributed by atoms with Crippen LogP contribution in [0.2, 0.25) is 5.15 Å². The number of aryl methyl sites for hydroxylation is 1. The normalized spacial score (nSPS) is 10.9. The van der Waals surface area contributed by atoms with Gasteiger partial charge in [0.1, 0.15) is 12.4 Å². The molecule has 0 fully saturated rings. The highest BCUT2D eigenvalue weighted by Crippen LogP contribution is 2.35. The van der Waals surface area contributed by atoms with Gasteiger partial charge in [-0.1, -0.05) is 22.9 Å². The number of ether oxygens (including phenoxy) is 1. The number of aromatic nitrogens is 2. The summed E-state index contributed by atoms with van der Waals surface area (Å²) in [6.45, 7) is 3.38. The first-order chi connectivity index (χ1) is 15.2. The van der Waals surface area contributed by atoms with Crippen LogP contribution in [0.1, 0.15) is 19.0 Å². The quantitative estimate of drug-likeness (QED) is 0.356. The average molecular weight is 492 g/mol. The molecule has 0 saturated carbocycles. The maximum absolute atomic E-state index is 12.8. The van der Waals surface area contributed by atoms with E-state index in [4.69, 9.17) is 21.6 Å². The predicted molar refractivity (Wildman–Crippen MR) is 122 cm³/mol. The van der Waals surface area contributed by atoms with Crippen LogP contribution in [-0.4, -0.2) is 30.9 Å². The second-order valence-electron chi connectivity index (χ2n) is 6.51. The van der Waals surface area contributed by atoms with E-state index in [0.717, 1.165) is 4.88 Å². The van der Waals surface area contributed by atoms with Gasteiger partial charge in [0.15, 0.2) is 10.3 Å². The van der Waals surface area contributed by atoms with E-state index in [9.17, 15) is 13.2 Å². The summed E-state index contributed by atoms with van der Waals surface area (Å²) in [7, 11) is -3.95. The van der Waals surface area contributed by atoms with Crippen molar-refractivity contribution in [3.8, 4) is 22.3 Å². The number of thiazole rings is 1. The van der Waals surface area contributed by atoms with Crippen LogP contribution in [0, 0.1) is 18.3 Å². The number of nitriles is 1. The molecule has 0 radical (unpaired) electrons. The molecule has 0 aliphatic rings. The fourth-order valence-corrected chi connectivity index (χ4v) is 4.90. The summed E-state index contributed by atoms with van der Waals surface area (Å²) < 4.78 is 33.5. The number of hydrogen-bond donors (Lipinski definition) is 2. The Hall–Kier alpha value is -3.20. The molecule has 0 bridgehead atoms. The van der Waals surface area contributed by atoms with E-state index in [0.29, 0.717) is 22.1 Å². The van der Waals surface area contributed by atoms with Crippen LogP contribution in [0.3, 0.4) is 0 Å². The minimum atomic E-state index is -3.95. The van der Waals surface area contributed by atoms with Crippen LogP contribution in [0.5, 0.6) is 5.75 Å². The lowest BCUT2D eigenvalue weighted by molar-refractivity contribution is -0.114. The molecule has 1 amide bonds. The van der Waals surface area contributed by atoms with E-state index < -0.39 is 10.0 Å². The molecule has 32 heavy (non-hydrogen) atoms. The van der Waals surface area contributed by atoms with Gasteiger partial charge in [-0.15, -0.1) is 0 Å². The number of benzene rings is 1. The Morgan fingerprint density at radius 2 is 2.03 bits per heavy atom. The number of pyridine rings is 1. The smallest absolute Gasteiger partial charge is 0.261 e. The van der Waals surface area contributed by atoms with Gasteiger partial charge in [0.2, 0.25) is 5.91 Å². The van der Waals surface area contributed by atoms with Crippen molar-refractivity contribution < 1.29 is 17.9 Å². The van der Waals surface area contributed by atoms with Crippen molar-refractivity contribution in [1.29, 1.82) is 5.26 Å². The van der Waals surface area contributed by atoms with Crippen molar-refractivity contribution in [2.45, 2.75) is 25.2 Å². The van der Waals surface area contributed by atoms with Crippen molar-refractivity contribution in [2.75, 3.05) is 16.6 Å². The maximum atomic E-state index is 12.8. The minimum Gasteiger partial charge on any atom is -0.493 e. The summed E-state index contributed by atoms with van der Waals surface area (Å²) >= 11 is 7.38. The van der Waals surface area contributed by atoms with Gasteiger partial charge in [-0.3, -0.25) is 9.52 Å². The molecule has 3 rings (SSSR count). The van der Waals surface area contributed by atoms with E-state index >= 15 is 0 Å². The third-order valence-corrected chi connectivity index (χ3v) is 6.85. The molecule has 166 valence electrons. The van der Waals surface area contributed by atoms with E-state index in [2.05, 4.69) is 20.0 Å². The zero-order valence-electron chi connectivity index (χ0n) is 17.0. The fourth-order valence-electron chi connectivity index (χ4n) is 2.65. The van der Waals surface area contributed by atoms with E-state index in [1.807, 2.05) is 6.07 Å². The first-order valence-corrected chi connectivity index (χ1v) is 11.9. The number of carbonyl (C=O) groups excluding carboxylic acids is 1. The Morgan fingerprint density at radius 1 is 1.31 bits per heavy atom. The molecule has 0 spiro atoms. The fraction of sp³-hybridized carbons (Fsp3) is 0.200. The first kappa shape index (κ1) is 23.5. The topological polar surface area (TPSA) is 134 Å². The third-order valence-electron chi connectivity index (χ3n) is 4.04. The molecular formula is C20H18ClN5O4S2. The molecule has 3 aromatic rings. The second-order valence-corrected chi connectivity index (χ2v) is 9.55. The lowest BCUT2D eigenvalue weighted by Crippen LogP contribution is -2.13. The summed E-state index contributed by atoms with van der Waals surface area (Å²) in [5.74, 6) is 0.214. The van der Waals surface area contributed by atoms with Crippen molar-refractivity contribution in [1.82, 2.24) is 9.97 Å². The number of halogens is 1. The van der Waals surface area contributed by atoms with E-state index in [1.54, 1.807) is 13.0 Å². The average Bonchev–Trinajstić information content (AvgIpc) is 3.09. The standard InChI is InChI=1S/C20H18ClN5O4S2/c1-12-18(31-20(24-12)25-13(2)27)14-10-17(19(21)23-11-14)26-32(28,29)16-6-4-15(5-7-16)30-9-3-8-22/h4-7,10-11,26H,3,9H2,1-2H3,(H,24,25,27). The van der Waals surface area contributed by atoms with E-state index in [1.165, 1.54) is 48.7 Å². The Bertz CT molecular complexity index is 1280. The predicted octanol–water partition coefficient (Wildman–Crippen LogP) is 4.22. The second kappa shape index (κ2) is 9.95. The highest BCUT2D eigenvalue weighted by atomic mass is 35.5. The number of amides is 1. The molecule has 12 heteroatoms. The summed E-state index contributed by atoms with van der Waals surface area (Å²) in [5.41, 5.74) is 1.36. The Kier molecular flexibility index (Phi) is 7.29. The summed E-state index contributed by atoms with van der Waals surface area (Å²) in [6.07, 6.45) is 1.74. The highest BCUT2D eigenvalue weighted by Gasteiger charge is 2.19. The molecule has 0 saturated heterocycles. The van der Waals surface area contributed by atoms with Crippen molar-refractivity contribution in [3.63, 3.8) is 0 Å². The van der Waals surface area contributed by atoms with Gasteiger partial charge < -0.3 is 10.1 Å². The molecule has 2 heterocycles. The Balaban J connectivity index is 1.84. The van der Waals surface area contributed by atoms with Crippen LogP contribution < -0.4 is 14.8 Å². The SMILES string of the molecule is CC(=O)Nc1nc(C)c(-c2cnc(Cl)c(NS(=O)(=O)c3ccc(OCCC#N)cc3)c2)s1. The van der Waals surface area contributed by atoms with Crippen LogP contribution in [-0.2, 0) is 14.8 Å². The van der Waals surface area contributed by atoms with Crippen LogP contribution in [0.25, 0.3) is 10.4 Å². The van der Waals surface area contributed by atoms with Gasteiger partial charge in [-0.25, -0.2) is 18.4 Å². The maximum Gasteiger partial charge on any atom is 0.261 e. The largest absolute Gasteiger partial charge is 0.493 e. The zero-order valence-corrected chi connectivity index (χ0v) is 19.4. The zero-order chi connectivity index (χ0) is 23.3. The van der Waals surface area contributed by atoms with Gasteiger partial charge in [0, 0.05) is 18.7 Å². The molecule has 1 aromatic carbocycles. The summed E-state index contributed by atoms with van der Waals surface area (Å²) in [4.78, 5) is 20.4. The number of nitrogens with zero attached hydrogens (tertiary/aromatic N) is 3. The molecule has 0 unspecified atom stereocenters. The van der Waals surface area contributed by atoms with Crippen LogP contribution in [0.15, 0.2) is 41.4 Å². The lowest BCUT2D eigenvalue weighted by Gasteiger charge is -2.11. The molecule has 2 N–H and O–H groups in total.